The molecule has 134 valence electrons. The molecule has 5 heteroatoms. The van der Waals surface area contributed by atoms with E-state index in [2.05, 4.69) is 9.88 Å². The third-order valence-electron chi connectivity index (χ3n) is 4.48. The number of piperidine rings is 1. The van der Waals surface area contributed by atoms with Crippen molar-refractivity contribution in [3.8, 4) is 5.75 Å². The lowest BCUT2D eigenvalue weighted by Crippen LogP contribution is -2.31. The quantitative estimate of drug-likeness (QED) is 0.568. The zero-order chi connectivity index (χ0) is 17.5. The summed E-state index contributed by atoms with van der Waals surface area (Å²) in [5.74, 6) is 0.458. The SMILES string of the molecule is CCOC(=O)c1ccc2cc(OCCCN3CCCCC3)ccc2n1. The van der Waals surface area contributed by atoms with Crippen molar-refractivity contribution in [2.45, 2.75) is 32.6 Å². The average Bonchev–Trinajstić information content (AvgIpc) is 2.66. The Labute approximate surface area is 148 Å². The van der Waals surface area contributed by atoms with Gasteiger partial charge in [0.15, 0.2) is 0 Å². The molecule has 1 aliphatic heterocycles. The highest BCUT2D eigenvalue weighted by Gasteiger charge is 2.10. The van der Waals surface area contributed by atoms with Crippen LogP contribution in [0.4, 0.5) is 0 Å². The Morgan fingerprint density at radius 1 is 1.16 bits per heavy atom. The average molecular weight is 342 g/mol. The Bertz CT molecular complexity index is 711. The van der Waals surface area contributed by atoms with E-state index >= 15 is 0 Å². The number of fused-ring (bicyclic) bond motifs is 1. The van der Waals surface area contributed by atoms with Crippen molar-refractivity contribution in [3.63, 3.8) is 0 Å². The van der Waals surface area contributed by atoms with Crippen molar-refractivity contribution >= 4 is 16.9 Å². The van der Waals surface area contributed by atoms with E-state index in [0.717, 1.165) is 36.2 Å². The van der Waals surface area contributed by atoms with Gasteiger partial charge >= 0.3 is 5.97 Å². The molecule has 5 nitrogen and oxygen atoms in total. The molecule has 3 rings (SSSR count). The molecule has 25 heavy (non-hydrogen) atoms. The molecular formula is C20H26N2O3. The monoisotopic (exact) mass is 342 g/mol. The van der Waals surface area contributed by atoms with E-state index < -0.39 is 0 Å². The third kappa shape index (κ3) is 4.92. The Morgan fingerprint density at radius 3 is 2.80 bits per heavy atom. The summed E-state index contributed by atoms with van der Waals surface area (Å²) in [4.78, 5) is 18.6. The van der Waals surface area contributed by atoms with Gasteiger partial charge in [-0.2, -0.15) is 0 Å². The molecule has 2 aromatic rings. The van der Waals surface area contributed by atoms with Crippen LogP contribution in [-0.2, 0) is 4.74 Å². The van der Waals surface area contributed by atoms with Crippen LogP contribution >= 0.6 is 0 Å². The molecule has 0 saturated carbocycles. The van der Waals surface area contributed by atoms with Gasteiger partial charge in [-0.25, -0.2) is 9.78 Å². The molecule has 2 heterocycles. The van der Waals surface area contributed by atoms with Gasteiger partial charge in [0.2, 0.25) is 0 Å². The lowest BCUT2D eigenvalue weighted by molar-refractivity contribution is 0.0520. The number of esters is 1. The molecule has 0 aliphatic carbocycles. The summed E-state index contributed by atoms with van der Waals surface area (Å²) in [6.45, 7) is 6.42. The van der Waals surface area contributed by atoms with Crippen molar-refractivity contribution in [1.29, 1.82) is 0 Å². The highest BCUT2D eigenvalue weighted by molar-refractivity contribution is 5.91. The molecule has 0 amide bonds. The largest absolute Gasteiger partial charge is 0.494 e. The Hall–Kier alpha value is -2.14. The first-order valence-electron chi connectivity index (χ1n) is 9.19. The molecule has 1 aromatic carbocycles. The summed E-state index contributed by atoms with van der Waals surface area (Å²) >= 11 is 0. The van der Waals surface area contributed by atoms with Crippen LogP contribution in [-0.4, -0.2) is 48.7 Å². The van der Waals surface area contributed by atoms with E-state index in [9.17, 15) is 4.79 Å². The third-order valence-corrected chi connectivity index (χ3v) is 4.48. The molecule has 1 aliphatic rings. The number of ether oxygens (including phenoxy) is 2. The van der Waals surface area contributed by atoms with E-state index in [1.807, 2.05) is 24.3 Å². The van der Waals surface area contributed by atoms with Gasteiger partial charge in [-0.15, -0.1) is 0 Å². The summed E-state index contributed by atoms with van der Waals surface area (Å²) in [7, 11) is 0. The number of rotatable bonds is 7. The van der Waals surface area contributed by atoms with Crippen molar-refractivity contribution in [3.05, 3.63) is 36.0 Å². The number of likely N-dealkylation sites (tertiary alicyclic amines) is 1. The van der Waals surface area contributed by atoms with E-state index in [1.54, 1.807) is 13.0 Å². The maximum absolute atomic E-state index is 11.7. The number of carbonyl (C=O) groups is 1. The first-order chi connectivity index (χ1) is 12.3. The summed E-state index contributed by atoms with van der Waals surface area (Å²) in [5.41, 5.74) is 1.11. The number of carbonyl (C=O) groups excluding carboxylic acids is 1. The summed E-state index contributed by atoms with van der Waals surface area (Å²) in [5, 5.41) is 0.960. The lowest BCUT2D eigenvalue weighted by Gasteiger charge is -2.26. The Kier molecular flexibility index (Phi) is 6.23. The number of hydrogen-bond donors (Lipinski definition) is 0. The fourth-order valence-electron chi connectivity index (χ4n) is 3.17. The van der Waals surface area contributed by atoms with Gasteiger partial charge in [0.1, 0.15) is 11.4 Å². The maximum atomic E-state index is 11.7. The van der Waals surface area contributed by atoms with Gasteiger partial charge in [0, 0.05) is 11.9 Å². The van der Waals surface area contributed by atoms with E-state index in [1.165, 1.54) is 32.4 Å². The standard InChI is InChI=1S/C20H26N2O3/c1-2-24-20(23)19-9-7-16-15-17(8-10-18(16)21-19)25-14-6-13-22-11-4-3-5-12-22/h7-10,15H,2-6,11-14H2,1H3. The van der Waals surface area contributed by atoms with E-state index in [-0.39, 0.29) is 5.97 Å². The zero-order valence-electron chi connectivity index (χ0n) is 14.9. The van der Waals surface area contributed by atoms with Crippen molar-refractivity contribution < 1.29 is 14.3 Å². The molecule has 0 bridgehead atoms. The van der Waals surface area contributed by atoms with Crippen LogP contribution in [0.25, 0.3) is 10.9 Å². The number of pyridine rings is 1. The highest BCUT2D eigenvalue weighted by atomic mass is 16.5. The van der Waals surface area contributed by atoms with Crippen molar-refractivity contribution in [2.24, 2.45) is 0 Å². The van der Waals surface area contributed by atoms with Crippen LogP contribution in [0.3, 0.4) is 0 Å². The first-order valence-corrected chi connectivity index (χ1v) is 9.19. The maximum Gasteiger partial charge on any atom is 0.356 e. The Balaban J connectivity index is 1.54. The van der Waals surface area contributed by atoms with Crippen LogP contribution < -0.4 is 4.74 Å². The lowest BCUT2D eigenvalue weighted by atomic mass is 10.1. The van der Waals surface area contributed by atoms with Crippen LogP contribution in [0.5, 0.6) is 5.75 Å². The summed E-state index contributed by atoms with van der Waals surface area (Å²) in [6.07, 6.45) is 5.06. The minimum Gasteiger partial charge on any atom is -0.494 e. The summed E-state index contributed by atoms with van der Waals surface area (Å²) in [6, 6.07) is 9.34. The smallest absolute Gasteiger partial charge is 0.356 e. The minimum atomic E-state index is -0.387. The van der Waals surface area contributed by atoms with Crippen LogP contribution in [0.1, 0.15) is 43.1 Å². The molecule has 0 unspecified atom stereocenters. The van der Waals surface area contributed by atoms with Crippen molar-refractivity contribution in [1.82, 2.24) is 9.88 Å². The second-order valence-electron chi connectivity index (χ2n) is 6.38. The molecule has 0 radical (unpaired) electrons. The van der Waals surface area contributed by atoms with Gasteiger partial charge in [-0.1, -0.05) is 12.5 Å². The second-order valence-corrected chi connectivity index (χ2v) is 6.38. The number of benzene rings is 1. The number of hydrogen-bond acceptors (Lipinski definition) is 5. The van der Waals surface area contributed by atoms with Crippen molar-refractivity contribution in [2.75, 3.05) is 32.8 Å². The van der Waals surface area contributed by atoms with Gasteiger partial charge in [-0.05, 0) is 63.5 Å². The topological polar surface area (TPSA) is 51.7 Å². The fraction of sp³-hybridized carbons (Fsp3) is 0.500. The predicted octanol–water partition coefficient (Wildman–Crippen LogP) is 3.67. The molecule has 1 aromatic heterocycles. The molecule has 1 saturated heterocycles. The van der Waals surface area contributed by atoms with Gasteiger partial charge in [0.25, 0.3) is 0 Å². The summed E-state index contributed by atoms with van der Waals surface area (Å²) < 4.78 is 10.9. The molecule has 0 N–H and O–H groups in total. The minimum absolute atomic E-state index is 0.338. The first kappa shape index (κ1) is 17.7. The number of aromatic nitrogens is 1. The normalized spacial score (nSPS) is 15.2. The van der Waals surface area contributed by atoms with Gasteiger partial charge in [-0.3, -0.25) is 0 Å². The molecular weight excluding hydrogens is 316 g/mol. The van der Waals surface area contributed by atoms with Crippen LogP contribution in [0.2, 0.25) is 0 Å². The Morgan fingerprint density at radius 2 is 2.00 bits per heavy atom. The van der Waals surface area contributed by atoms with Gasteiger partial charge < -0.3 is 14.4 Å². The van der Waals surface area contributed by atoms with Crippen LogP contribution in [0.15, 0.2) is 30.3 Å². The number of nitrogens with zero attached hydrogens (tertiary/aromatic N) is 2. The van der Waals surface area contributed by atoms with E-state index in [4.69, 9.17) is 9.47 Å². The molecule has 0 spiro atoms. The zero-order valence-corrected chi connectivity index (χ0v) is 14.9. The van der Waals surface area contributed by atoms with Gasteiger partial charge in [0.05, 0.1) is 18.7 Å². The molecule has 1 fully saturated rings. The highest BCUT2D eigenvalue weighted by Crippen LogP contribution is 2.20. The predicted molar refractivity (Wildman–Crippen MR) is 98.1 cm³/mol. The van der Waals surface area contributed by atoms with E-state index in [0.29, 0.717) is 12.3 Å². The second kappa shape index (κ2) is 8.81. The fourth-order valence-corrected chi connectivity index (χ4v) is 3.17. The van der Waals surface area contributed by atoms with Crippen LogP contribution in [0, 0.1) is 0 Å². The molecule has 0 atom stereocenters.